The third-order valence-electron chi connectivity index (χ3n) is 5.73. The van der Waals surface area contributed by atoms with Gasteiger partial charge in [0.25, 0.3) is 0 Å². The first kappa shape index (κ1) is 18.4. The summed E-state index contributed by atoms with van der Waals surface area (Å²) in [6.07, 6.45) is -3.78. The van der Waals surface area contributed by atoms with E-state index in [1.54, 1.807) is 13.8 Å². The predicted molar refractivity (Wildman–Crippen MR) is 90.3 cm³/mol. The van der Waals surface area contributed by atoms with Gasteiger partial charge in [-0.25, -0.2) is 4.85 Å². The molecule has 1 aromatic heterocycles. The number of carbonyl (C=O) groups excluding carboxylic acids is 1. The maximum atomic E-state index is 13.3. The summed E-state index contributed by atoms with van der Waals surface area (Å²) in [7, 11) is 0. The second-order valence-electron chi connectivity index (χ2n) is 7.43. The van der Waals surface area contributed by atoms with Crippen molar-refractivity contribution in [2.45, 2.75) is 37.6 Å². The molecule has 9 heteroatoms. The third kappa shape index (κ3) is 2.09. The molecule has 2 aliphatic rings. The van der Waals surface area contributed by atoms with Gasteiger partial charge in [0, 0.05) is 0 Å². The highest BCUT2D eigenvalue weighted by molar-refractivity contribution is 5.68. The minimum Gasteiger partial charge on any atom is -0.494 e. The number of aromatic nitrogens is 1. The topological polar surface area (TPSA) is 76.1 Å². The van der Waals surface area contributed by atoms with Crippen molar-refractivity contribution in [2.75, 3.05) is 0 Å². The zero-order chi connectivity index (χ0) is 20.6. The van der Waals surface area contributed by atoms with E-state index in [0.29, 0.717) is 12.4 Å². The Morgan fingerprint density at radius 1 is 1.29 bits per heavy atom. The minimum atomic E-state index is -4.78. The van der Waals surface area contributed by atoms with Gasteiger partial charge in [0.2, 0.25) is 11.8 Å². The van der Waals surface area contributed by atoms with Crippen molar-refractivity contribution in [1.82, 2.24) is 4.57 Å². The second-order valence-corrected chi connectivity index (χ2v) is 7.43. The lowest BCUT2D eigenvalue weighted by Crippen LogP contribution is -2.29. The Balaban J connectivity index is 1.97. The average molecular weight is 392 g/mol. The van der Waals surface area contributed by atoms with E-state index in [1.165, 1.54) is 6.07 Å². The molecule has 28 heavy (non-hydrogen) atoms. The summed E-state index contributed by atoms with van der Waals surface area (Å²) in [6, 6.07) is 2.90. The molecule has 2 bridgehead atoms. The summed E-state index contributed by atoms with van der Waals surface area (Å²) >= 11 is 0. The number of hydrogen-bond acceptors (Lipinski definition) is 4. The molecular formula is C19H15F3N2O4. The van der Waals surface area contributed by atoms with Gasteiger partial charge in [-0.3, -0.25) is 4.57 Å². The maximum absolute atomic E-state index is 13.3. The zero-order valence-corrected chi connectivity index (χ0v) is 14.8. The van der Waals surface area contributed by atoms with Gasteiger partial charge in [-0.05, 0) is 32.4 Å². The van der Waals surface area contributed by atoms with Crippen LogP contribution < -0.4 is 0 Å². The molecule has 2 aliphatic heterocycles. The number of hydrogen-bond donors (Lipinski definition) is 2. The van der Waals surface area contributed by atoms with Gasteiger partial charge in [-0.15, -0.1) is 0 Å². The SMILES string of the molecule is [C-]#[N+]c1ccc(-n2c(O)c3c(c2O)C2(C)OC3(C)C[C@@H]2C=O)cc1C(F)(F)F. The summed E-state index contributed by atoms with van der Waals surface area (Å²) in [5.74, 6) is -1.51. The Morgan fingerprint density at radius 3 is 2.50 bits per heavy atom. The molecule has 3 heterocycles. The van der Waals surface area contributed by atoms with Crippen molar-refractivity contribution in [3.8, 4) is 17.4 Å². The van der Waals surface area contributed by atoms with Crippen LogP contribution in [0.2, 0.25) is 0 Å². The minimum absolute atomic E-state index is 0.154. The number of nitrogens with zero attached hydrogens (tertiary/aromatic N) is 2. The van der Waals surface area contributed by atoms with Crippen molar-refractivity contribution in [3.05, 3.63) is 46.3 Å². The van der Waals surface area contributed by atoms with Gasteiger partial charge in [0.05, 0.1) is 40.5 Å². The van der Waals surface area contributed by atoms with Crippen LogP contribution in [0.15, 0.2) is 18.2 Å². The first-order valence-electron chi connectivity index (χ1n) is 8.40. The molecule has 1 fully saturated rings. The van der Waals surface area contributed by atoms with Crippen LogP contribution in [0.3, 0.4) is 0 Å². The predicted octanol–water partition coefficient (Wildman–Crippen LogP) is 4.14. The molecule has 2 aromatic rings. The van der Waals surface area contributed by atoms with Gasteiger partial charge in [0.1, 0.15) is 11.9 Å². The molecule has 0 saturated carbocycles. The second kappa shape index (κ2) is 5.29. The lowest BCUT2D eigenvalue weighted by atomic mass is 9.73. The normalized spacial score (nSPS) is 28.2. The van der Waals surface area contributed by atoms with Gasteiger partial charge in [0.15, 0.2) is 5.69 Å². The molecular weight excluding hydrogens is 377 g/mol. The van der Waals surface area contributed by atoms with Crippen LogP contribution in [0.25, 0.3) is 10.5 Å². The molecule has 6 nitrogen and oxygen atoms in total. The maximum Gasteiger partial charge on any atom is 0.407 e. The van der Waals surface area contributed by atoms with Crippen molar-refractivity contribution >= 4 is 12.0 Å². The number of carbonyl (C=O) groups is 1. The van der Waals surface area contributed by atoms with Gasteiger partial charge in [-0.1, -0.05) is 6.07 Å². The van der Waals surface area contributed by atoms with Crippen LogP contribution in [0, 0.1) is 12.5 Å². The number of ether oxygens (including phenoxy) is 1. The number of rotatable bonds is 2. The fourth-order valence-electron chi connectivity index (χ4n) is 4.52. The van der Waals surface area contributed by atoms with Crippen molar-refractivity contribution in [3.63, 3.8) is 0 Å². The van der Waals surface area contributed by atoms with Crippen LogP contribution in [0.4, 0.5) is 18.9 Å². The van der Waals surface area contributed by atoms with Crippen LogP contribution >= 0.6 is 0 Å². The monoisotopic (exact) mass is 392 g/mol. The molecule has 1 aromatic carbocycles. The standard InChI is InChI=1S/C19H15F3N2O4/c1-17-7-9(8-25)18(2,28-17)14-13(17)15(26)24(16(14)27)10-4-5-12(23-3)11(6-10)19(20,21)22/h4-6,8-9,26-27H,7H2,1-2H3/t9-,17?,18?/m1/s1. The molecule has 2 N–H and O–H groups in total. The number of aromatic hydroxyl groups is 2. The van der Waals surface area contributed by atoms with E-state index in [1.807, 2.05) is 0 Å². The van der Waals surface area contributed by atoms with Gasteiger partial charge >= 0.3 is 6.18 Å². The molecule has 3 atom stereocenters. The summed E-state index contributed by atoms with van der Waals surface area (Å²) in [5, 5.41) is 21.5. The summed E-state index contributed by atoms with van der Waals surface area (Å²) in [5.41, 5.74) is -3.70. The number of halogens is 3. The van der Waals surface area contributed by atoms with Gasteiger partial charge < -0.3 is 19.7 Å². The number of fused-ring (bicyclic) bond motifs is 5. The molecule has 2 unspecified atom stereocenters. The van der Waals surface area contributed by atoms with Crippen LogP contribution in [-0.2, 0) is 26.9 Å². The van der Waals surface area contributed by atoms with Crippen molar-refractivity contribution in [1.29, 1.82) is 0 Å². The van der Waals surface area contributed by atoms with Crippen LogP contribution in [0.5, 0.6) is 11.8 Å². The van der Waals surface area contributed by atoms with E-state index in [0.717, 1.165) is 10.6 Å². The lowest BCUT2D eigenvalue weighted by molar-refractivity contribution is -0.136. The smallest absolute Gasteiger partial charge is 0.407 e. The first-order chi connectivity index (χ1) is 13.0. The highest BCUT2D eigenvalue weighted by Gasteiger charge is 2.64. The Bertz CT molecular complexity index is 1070. The van der Waals surface area contributed by atoms with Crippen molar-refractivity contribution < 1.29 is 32.9 Å². The molecule has 1 saturated heterocycles. The Kier molecular flexibility index (Phi) is 3.47. The Labute approximate surface area is 157 Å². The molecule has 0 spiro atoms. The molecule has 146 valence electrons. The van der Waals surface area contributed by atoms with Gasteiger partial charge in [-0.2, -0.15) is 13.2 Å². The summed E-state index contributed by atoms with van der Waals surface area (Å²) in [4.78, 5) is 14.3. The van der Waals surface area contributed by atoms with E-state index >= 15 is 0 Å². The molecule has 0 radical (unpaired) electrons. The highest BCUT2D eigenvalue weighted by Crippen LogP contribution is 2.66. The number of benzene rings is 1. The van der Waals surface area contributed by atoms with Crippen LogP contribution in [-0.4, -0.2) is 21.1 Å². The van der Waals surface area contributed by atoms with E-state index in [9.17, 15) is 28.2 Å². The fraction of sp³-hybridized carbons (Fsp3) is 0.368. The fourth-order valence-corrected chi connectivity index (χ4v) is 4.52. The Hall–Kier alpha value is -2.99. The molecule has 0 amide bonds. The highest BCUT2D eigenvalue weighted by atomic mass is 19.4. The molecule has 4 rings (SSSR count). The summed E-state index contributed by atoms with van der Waals surface area (Å²) in [6.45, 7) is 10.2. The van der Waals surface area contributed by atoms with E-state index in [2.05, 4.69) is 4.85 Å². The quantitative estimate of drug-likeness (QED) is 0.595. The first-order valence-corrected chi connectivity index (χ1v) is 8.40. The Morgan fingerprint density at radius 2 is 1.93 bits per heavy atom. The van der Waals surface area contributed by atoms with E-state index < -0.39 is 46.3 Å². The largest absolute Gasteiger partial charge is 0.494 e. The zero-order valence-electron chi connectivity index (χ0n) is 14.8. The number of alkyl halides is 3. The van der Waals surface area contributed by atoms with E-state index in [-0.39, 0.29) is 23.2 Å². The van der Waals surface area contributed by atoms with Crippen molar-refractivity contribution in [2.24, 2.45) is 5.92 Å². The molecule has 0 aliphatic carbocycles. The number of aldehydes is 1. The lowest BCUT2D eigenvalue weighted by Gasteiger charge is -2.25. The summed E-state index contributed by atoms with van der Waals surface area (Å²) < 4.78 is 46.8. The van der Waals surface area contributed by atoms with E-state index in [4.69, 9.17) is 11.3 Å². The third-order valence-corrected chi connectivity index (χ3v) is 5.73. The van der Waals surface area contributed by atoms with Crippen LogP contribution in [0.1, 0.15) is 37.0 Å². The average Bonchev–Trinajstić information content (AvgIpc) is 3.14.